The largest absolute Gasteiger partial charge is 0.409 e. The topological polar surface area (TPSA) is 122 Å². The van der Waals surface area contributed by atoms with Crippen molar-refractivity contribution in [3.8, 4) is 0 Å². The van der Waals surface area contributed by atoms with E-state index in [-0.39, 0.29) is 35.0 Å². The van der Waals surface area contributed by atoms with Crippen LogP contribution < -0.4 is 11.1 Å². The van der Waals surface area contributed by atoms with Gasteiger partial charge in [0, 0.05) is 5.56 Å². The Morgan fingerprint density at radius 2 is 2.19 bits per heavy atom. The minimum atomic E-state index is -3.18. The van der Waals surface area contributed by atoms with E-state index in [2.05, 4.69) is 10.5 Å². The molecule has 1 aromatic carbocycles. The van der Waals surface area contributed by atoms with E-state index >= 15 is 0 Å². The van der Waals surface area contributed by atoms with Crippen LogP contribution in [-0.4, -0.2) is 36.9 Å². The van der Waals surface area contributed by atoms with Crippen molar-refractivity contribution in [2.45, 2.75) is 6.42 Å². The number of nitrogens with zero attached hydrogens (tertiary/aromatic N) is 1. The second kappa shape index (κ2) is 5.68. The predicted molar refractivity (Wildman–Crippen MR) is 74.3 cm³/mol. The number of anilines is 1. The zero-order chi connectivity index (χ0) is 15.6. The Hall–Kier alpha value is -2.16. The lowest BCUT2D eigenvalue weighted by molar-refractivity contribution is -0.119. The average Bonchev–Trinajstić information content (AvgIpc) is 2.80. The summed E-state index contributed by atoms with van der Waals surface area (Å²) in [5, 5.41) is 13.6. The van der Waals surface area contributed by atoms with Gasteiger partial charge in [-0.1, -0.05) is 5.16 Å². The van der Waals surface area contributed by atoms with Crippen molar-refractivity contribution < 1.29 is 22.8 Å². The van der Waals surface area contributed by atoms with Gasteiger partial charge in [0.15, 0.2) is 15.7 Å². The fraction of sp³-hybridized carbons (Fsp3) is 0.333. The Labute approximate surface area is 120 Å². The van der Waals surface area contributed by atoms with E-state index in [1.54, 1.807) is 0 Å². The highest BCUT2D eigenvalue weighted by atomic mass is 32.2. The summed E-state index contributed by atoms with van der Waals surface area (Å²) in [7, 11) is -3.18. The highest BCUT2D eigenvalue weighted by molar-refractivity contribution is 7.91. The van der Waals surface area contributed by atoms with E-state index in [1.807, 2.05) is 0 Å². The Morgan fingerprint density at radius 1 is 1.48 bits per heavy atom. The Balaban J connectivity index is 2.12. The molecule has 1 saturated heterocycles. The van der Waals surface area contributed by atoms with Crippen LogP contribution in [0.1, 0.15) is 12.0 Å². The molecule has 0 spiro atoms. The number of amides is 1. The number of hydrogen-bond donors (Lipinski definition) is 3. The highest BCUT2D eigenvalue weighted by Crippen LogP contribution is 2.22. The molecule has 21 heavy (non-hydrogen) atoms. The van der Waals surface area contributed by atoms with Crippen LogP contribution >= 0.6 is 0 Å². The zero-order valence-corrected chi connectivity index (χ0v) is 11.7. The maximum Gasteiger partial charge on any atom is 0.228 e. The van der Waals surface area contributed by atoms with Crippen LogP contribution in [0.4, 0.5) is 10.1 Å². The van der Waals surface area contributed by atoms with Crippen molar-refractivity contribution in [1.29, 1.82) is 0 Å². The van der Waals surface area contributed by atoms with Gasteiger partial charge < -0.3 is 16.3 Å². The molecule has 2 rings (SSSR count). The molecule has 7 nitrogen and oxygen atoms in total. The molecule has 1 unspecified atom stereocenters. The molecule has 9 heteroatoms. The van der Waals surface area contributed by atoms with E-state index in [0.717, 1.165) is 6.07 Å². The van der Waals surface area contributed by atoms with Crippen LogP contribution in [0.25, 0.3) is 0 Å². The van der Waals surface area contributed by atoms with Gasteiger partial charge in [-0.25, -0.2) is 12.8 Å². The molecule has 1 fully saturated rings. The summed E-state index contributed by atoms with van der Waals surface area (Å²) in [6.07, 6.45) is 0.234. The van der Waals surface area contributed by atoms with Crippen LogP contribution in [-0.2, 0) is 14.6 Å². The van der Waals surface area contributed by atoms with Crippen molar-refractivity contribution in [3.05, 3.63) is 29.6 Å². The number of nitrogens with one attached hydrogen (secondary N) is 1. The van der Waals surface area contributed by atoms with Gasteiger partial charge in [0.05, 0.1) is 23.1 Å². The molecule has 1 aromatic rings. The molecule has 1 aliphatic heterocycles. The van der Waals surface area contributed by atoms with Gasteiger partial charge in [-0.2, -0.15) is 0 Å². The van der Waals surface area contributed by atoms with Gasteiger partial charge in [-0.05, 0) is 24.6 Å². The fourth-order valence-electron chi connectivity index (χ4n) is 2.07. The lowest BCUT2D eigenvalue weighted by Crippen LogP contribution is -2.24. The second-order valence-corrected chi connectivity index (χ2v) is 7.00. The Bertz CT molecular complexity index is 702. The third-order valence-corrected chi connectivity index (χ3v) is 5.00. The number of hydrogen-bond acceptors (Lipinski definition) is 5. The molecular weight excluding hydrogens is 301 g/mol. The summed E-state index contributed by atoms with van der Waals surface area (Å²) in [4.78, 5) is 11.9. The highest BCUT2D eigenvalue weighted by Gasteiger charge is 2.33. The van der Waals surface area contributed by atoms with Gasteiger partial charge in [-0.3, -0.25) is 4.79 Å². The number of amidine groups is 1. The van der Waals surface area contributed by atoms with E-state index < -0.39 is 27.5 Å². The van der Waals surface area contributed by atoms with Gasteiger partial charge in [-0.15, -0.1) is 0 Å². The third kappa shape index (κ3) is 3.48. The first-order chi connectivity index (χ1) is 9.82. The van der Waals surface area contributed by atoms with E-state index in [0.29, 0.717) is 0 Å². The molecule has 0 bridgehead atoms. The first-order valence-corrected chi connectivity index (χ1v) is 7.93. The van der Waals surface area contributed by atoms with Crippen molar-refractivity contribution in [2.24, 2.45) is 16.8 Å². The van der Waals surface area contributed by atoms with Crippen molar-refractivity contribution in [1.82, 2.24) is 0 Å². The number of halogens is 1. The number of benzene rings is 1. The number of carbonyl (C=O) groups excluding carboxylic acids is 1. The number of carbonyl (C=O) groups is 1. The van der Waals surface area contributed by atoms with Crippen LogP contribution in [0.3, 0.4) is 0 Å². The summed E-state index contributed by atoms with van der Waals surface area (Å²) in [6, 6.07) is 3.65. The standard InChI is InChI=1S/C12H14FN3O4S/c13-9-5-7(11(14)16-18)1-2-10(9)15-12(17)8-3-4-21(19,20)6-8/h1-2,5,8,18H,3-4,6H2,(H2,14,16)(H,15,17). The quantitative estimate of drug-likeness (QED) is 0.320. The maximum absolute atomic E-state index is 13.8. The van der Waals surface area contributed by atoms with Crippen LogP contribution in [0.5, 0.6) is 0 Å². The van der Waals surface area contributed by atoms with Crippen LogP contribution in [0.2, 0.25) is 0 Å². The maximum atomic E-state index is 13.8. The van der Waals surface area contributed by atoms with Crippen LogP contribution in [0, 0.1) is 11.7 Å². The van der Waals surface area contributed by atoms with E-state index in [1.165, 1.54) is 12.1 Å². The molecule has 1 atom stereocenters. The SMILES string of the molecule is N/C(=N/O)c1ccc(NC(=O)C2CCS(=O)(=O)C2)c(F)c1. The second-order valence-electron chi connectivity index (χ2n) is 4.77. The lowest BCUT2D eigenvalue weighted by atomic mass is 10.1. The number of oxime groups is 1. The van der Waals surface area contributed by atoms with Gasteiger partial charge in [0.2, 0.25) is 5.91 Å². The molecule has 1 amide bonds. The third-order valence-electron chi connectivity index (χ3n) is 3.23. The first-order valence-electron chi connectivity index (χ1n) is 6.11. The summed E-state index contributed by atoms with van der Waals surface area (Å²) in [5.41, 5.74) is 5.40. The molecule has 4 N–H and O–H groups in total. The molecular formula is C12H14FN3O4S. The van der Waals surface area contributed by atoms with Gasteiger partial charge in [0.1, 0.15) is 5.82 Å². The number of rotatable bonds is 3. The van der Waals surface area contributed by atoms with Crippen molar-refractivity contribution in [3.63, 3.8) is 0 Å². The van der Waals surface area contributed by atoms with Crippen LogP contribution in [0.15, 0.2) is 23.4 Å². The van der Waals surface area contributed by atoms with E-state index in [9.17, 15) is 17.6 Å². The molecule has 1 aliphatic rings. The first kappa shape index (κ1) is 15.2. The zero-order valence-electron chi connectivity index (χ0n) is 10.9. The summed E-state index contributed by atoms with van der Waals surface area (Å²) in [6.45, 7) is 0. The summed E-state index contributed by atoms with van der Waals surface area (Å²) < 4.78 is 36.4. The van der Waals surface area contributed by atoms with Gasteiger partial charge in [0.25, 0.3) is 0 Å². The molecule has 114 valence electrons. The minimum Gasteiger partial charge on any atom is -0.409 e. The van der Waals surface area contributed by atoms with Crippen molar-refractivity contribution in [2.75, 3.05) is 16.8 Å². The normalized spacial score (nSPS) is 21.2. The minimum absolute atomic E-state index is 0.0317. The fourth-order valence-corrected chi connectivity index (χ4v) is 3.81. The summed E-state index contributed by atoms with van der Waals surface area (Å²) in [5.74, 6) is -2.47. The molecule has 0 saturated carbocycles. The Kier molecular flexibility index (Phi) is 4.12. The molecule has 0 aliphatic carbocycles. The smallest absolute Gasteiger partial charge is 0.228 e. The molecule has 0 radical (unpaired) electrons. The molecule has 0 aromatic heterocycles. The Morgan fingerprint density at radius 3 is 2.71 bits per heavy atom. The van der Waals surface area contributed by atoms with Crippen molar-refractivity contribution >= 4 is 27.3 Å². The monoisotopic (exact) mass is 315 g/mol. The lowest BCUT2D eigenvalue weighted by Gasteiger charge is -2.11. The predicted octanol–water partition coefficient (Wildman–Crippen LogP) is 0.293. The van der Waals surface area contributed by atoms with E-state index in [4.69, 9.17) is 10.9 Å². The molecule has 1 heterocycles. The van der Waals surface area contributed by atoms with Gasteiger partial charge >= 0.3 is 0 Å². The number of sulfone groups is 1. The number of nitrogens with two attached hydrogens (primary N) is 1. The average molecular weight is 315 g/mol. The summed E-state index contributed by atoms with van der Waals surface area (Å²) >= 11 is 0.